The normalized spacial score (nSPS) is 20.6. The van der Waals surface area contributed by atoms with Gasteiger partial charge in [-0.2, -0.15) is 5.26 Å². The van der Waals surface area contributed by atoms with E-state index in [9.17, 15) is 9.59 Å². The molecule has 1 saturated carbocycles. The zero-order valence-electron chi connectivity index (χ0n) is 19.8. The van der Waals surface area contributed by atoms with Crippen LogP contribution in [-0.4, -0.2) is 46.5 Å². The lowest BCUT2D eigenvalue weighted by Gasteiger charge is -2.32. The van der Waals surface area contributed by atoms with Crippen molar-refractivity contribution in [2.75, 3.05) is 6.54 Å². The first-order valence-electron chi connectivity index (χ1n) is 11.9. The average Bonchev–Trinajstić information content (AvgIpc) is 3.61. The zero-order chi connectivity index (χ0) is 24.5. The largest absolute Gasteiger partial charge is 0.367 e. The molecule has 0 aromatic heterocycles. The molecule has 8 heteroatoms. The third-order valence-corrected chi connectivity index (χ3v) is 6.32. The number of hydrazine groups is 1. The molecule has 3 N–H and O–H groups in total. The SMILES string of the molecule is CC(C)NC(=O)c1ccc(C2=C3C=C(C(=O)N(C4CC4)C4C=CC(C#N)=CN4)C=CN3NC2)cc1. The summed E-state index contributed by atoms with van der Waals surface area (Å²) in [5, 5.41) is 17.1. The number of fused-ring (bicyclic) bond motifs is 1. The molecule has 0 saturated heterocycles. The minimum Gasteiger partial charge on any atom is -0.367 e. The fourth-order valence-corrected chi connectivity index (χ4v) is 4.41. The first-order valence-corrected chi connectivity index (χ1v) is 11.9. The van der Waals surface area contributed by atoms with E-state index in [1.54, 1.807) is 12.3 Å². The molecule has 1 atom stereocenters. The molecule has 1 fully saturated rings. The van der Waals surface area contributed by atoms with Crippen molar-refractivity contribution in [3.05, 3.63) is 88.9 Å². The molecular weight excluding hydrogens is 440 g/mol. The smallest absolute Gasteiger partial charge is 0.256 e. The molecule has 178 valence electrons. The van der Waals surface area contributed by atoms with Crippen LogP contribution in [-0.2, 0) is 4.79 Å². The Kier molecular flexibility index (Phi) is 6.01. The van der Waals surface area contributed by atoms with Gasteiger partial charge in [0.1, 0.15) is 12.2 Å². The Morgan fingerprint density at radius 2 is 1.97 bits per heavy atom. The highest BCUT2D eigenvalue weighted by atomic mass is 16.2. The monoisotopic (exact) mass is 468 g/mol. The van der Waals surface area contributed by atoms with E-state index >= 15 is 0 Å². The van der Waals surface area contributed by atoms with Gasteiger partial charge in [-0.25, -0.2) is 5.43 Å². The lowest BCUT2D eigenvalue weighted by molar-refractivity contribution is -0.129. The van der Waals surface area contributed by atoms with Crippen LogP contribution in [0.4, 0.5) is 0 Å². The van der Waals surface area contributed by atoms with Gasteiger partial charge in [-0.05, 0) is 68.7 Å². The highest BCUT2D eigenvalue weighted by molar-refractivity contribution is 5.98. The van der Waals surface area contributed by atoms with Crippen LogP contribution in [0.25, 0.3) is 5.57 Å². The number of nitrogens with zero attached hydrogens (tertiary/aromatic N) is 3. The first kappa shape index (κ1) is 22.7. The minimum absolute atomic E-state index is 0.0428. The minimum atomic E-state index is -0.279. The number of carbonyl (C=O) groups excluding carboxylic acids is 2. The van der Waals surface area contributed by atoms with E-state index in [4.69, 9.17) is 5.26 Å². The van der Waals surface area contributed by atoms with E-state index < -0.39 is 0 Å². The number of hydrogen-bond acceptors (Lipinski definition) is 6. The van der Waals surface area contributed by atoms with Crippen molar-refractivity contribution >= 4 is 17.4 Å². The molecule has 5 rings (SSSR count). The summed E-state index contributed by atoms with van der Waals surface area (Å²) in [6.07, 6.45) is 12.6. The number of nitrogens with one attached hydrogen (secondary N) is 3. The van der Waals surface area contributed by atoms with E-state index in [1.165, 1.54) is 0 Å². The second-order valence-corrected chi connectivity index (χ2v) is 9.32. The third-order valence-electron chi connectivity index (χ3n) is 6.32. The molecule has 4 aliphatic rings. The number of dihydropyridines is 1. The fourth-order valence-electron chi connectivity index (χ4n) is 4.41. The number of benzene rings is 1. The Labute approximate surface area is 204 Å². The summed E-state index contributed by atoms with van der Waals surface area (Å²) in [5.74, 6) is -0.134. The van der Waals surface area contributed by atoms with E-state index in [2.05, 4.69) is 22.1 Å². The highest BCUT2D eigenvalue weighted by Gasteiger charge is 2.38. The lowest BCUT2D eigenvalue weighted by atomic mass is 10.00. The third kappa shape index (κ3) is 4.63. The molecule has 1 unspecified atom stereocenters. The van der Waals surface area contributed by atoms with Crippen molar-refractivity contribution in [3.63, 3.8) is 0 Å². The van der Waals surface area contributed by atoms with Crippen LogP contribution in [0.15, 0.2) is 77.8 Å². The Balaban J connectivity index is 1.39. The highest BCUT2D eigenvalue weighted by Crippen LogP contribution is 2.34. The molecule has 1 aliphatic carbocycles. The summed E-state index contributed by atoms with van der Waals surface area (Å²) in [4.78, 5) is 27.8. The summed E-state index contributed by atoms with van der Waals surface area (Å²) in [5.41, 5.74) is 8.08. The van der Waals surface area contributed by atoms with Crippen LogP contribution < -0.4 is 16.1 Å². The molecule has 0 spiro atoms. The van der Waals surface area contributed by atoms with Gasteiger partial charge in [0, 0.05) is 47.7 Å². The van der Waals surface area contributed by atoms with Crippen LogP contribution in [0.5, 0.6) is 0 Å². The van der Waals surface area contributed by atoms with Gasteiger partial charge < -0.3 is 15.5 Å². The van der Waals surface area contributed by atoms with Gasteiger partial charge in [-0.1, -0.05) is 12.1 Å². The summed E-state index contributed by atoms with van der Waals surface area (Å²) in [6.45, 7) is 4.49. The number of amides is 2. The molecule has 3 heterocycles. The fraction of sp³-hybridized carbons (Fsp3) is 0.296. The number of allylic oxidation sites excluding steroid dienone is 3. The summed E-state index contributed by atoms with van der Waals surface area (Å²) in [7, 11) is 0. The van der Waals surface area contributed by atoms with E-state index in [-0.39, 0.29) is 30.1 Å². The second kappa shape index (κ2) is 9.28. The molecule has 2 amide bonds. The number of nitriles is 1. The predicted molar refractivity (Wildman–Crippen MR) is 133 cm³/mol. The van der Waals surface area contributed by atoms with Gasteiger partial charge in [0.05, 0.1) is 11.3 Å². The van der Waals surface area contributed by atoms with Gasteiger partial charge in [-0.3, -0.25) is 14.6 Å². The van der Waals surface area contributed by atoms with Crippen LogP contribution in [0.3, 0.4) is 0 Å². The molecule has 35 heavy (non-hydrogen) atoms. The number of rotatable bonds is 6. The van der Waals surface area contributed by atoms with Crippen molar-refractivity contribution in [2.45, 2.75) is 44.9 Å². The molecular formula is C27H28N6O2. The van der Waals surface area contributed by atoms with Gasteiger partial charge in [0.15, 0.2) is 0 Å². The van der Waals surface area contributed by atoms with Crippen molar-refractivity contribution < 1.29 is 9.59 Å². The predicted octanol–water partition coefficient (Wildman–Crippen LogP) is 2.69. The molecule has 0 radical (unpaired) electrons. The Hall–Kier alpha value is -4.09. The van der Waals surface area contributed by atoms with Crippen LogP contribution in [0.1, 0.15) is 42.6 Å². The molecule has 1 aromatic carbocycles. The first-order chi connectivity index (χ1) is 16.9. The van der Waals surface area contributed by atoms with Crippen molar-refractivity contribution in [1.82, 2.24) is 26.0 Å². The maximum atomic E-state index is 13.6. The summed E-state index contributed by atoms with van der Waals surface area (Å²) < 4.78 is 0. The quantitative estimate of drug-likeness (QED) is 0.594. The summed E-state index contributed by atoms with van der Waals surface area (Å²) >= 11 is 0. The molecule has 0 bridgehead atoms. The van der Waals surface area contributed by atoms with Crippen LogP contribution in [0.2, 0.25) is 0 Å². The molecule has 8 nitrogen and oxygen atoms in total. The Morgan fingerprint density at radius 3 is 2.60 bits per heavy atom. The number of carbonyl (C=O) groups is 2. The maximum absolute atomic E-state index is 13.6. The standard InChI is InChI=1S/C27H28N6O2/c1-17(2)31-26(34)20-6-4-19(5-7-20)23-16-30-32-12-11-21(13-24(23)32)27(35)33(22-8-9-22)25-10-3-18(14-28)15-29-25/h3-7,10-13,15,17,22,25,29-30H,8-9,16H2,1-2H3,(H,31,34). The van der Waals surface area contributed by atoms with Crippen molar-refractivity contribution in [3.8, 4) is 6.07 Å². The van der Waals surface area contributed by atoms with Crippen molar-refractivity contribution in [2.24, 2.45) is 0 Å². The average molecular weight is 469 g/mol. The van der Waals surface area contributed by atoms with Gasteiger partial charge in [0.25, 0.3) is 11.8 Å². The van der Waals surface area contributed by atoms with Crippen LogP contribution >= 0.6 is 0 Å². The number of hydrogen-bond donors (Lipinski definition) is 3. The van der Waals surface area contributed by atoms with Gasteiger partial charge in [0.2, 0.25) is 0 Å². The molecule has 1 aromatic rings. The summed E-state index contributed by atoms with van der Waals surface area (Å²) in [6, 6.07) is 9.93. The Morgan fingerprint density at radius 1 is 1.20 bits per heavy atom. The zero-order valence-corrected chi connectivity index (χ0v) is 19.8. The van der Waals surface area contributed by atoms with Crippen LogP contribution in [0, 0.1) is 11.3 Å². The Bertz CT molecular complexity index is 1240. The molecule has 3 aliphatic heterocycles. The van der Waals surface area contributed by atoms with Crippen molar-refractivity contribution in [1.29, 1.82) is 5.26 Å². The van der Waals surface area contributed by atoms with Gasteiger partial charge >= 0.3 is 0 Å². The topological polar surface area (TPSA) is 100 Å². The van der Waals surface area contributed by atoms with E-state index in [1.807, 2.05) is 72.4 Å². The second-order valence-electron chi connectivity index (χ2n) is 9.32. The van der Waals surface area contributed by atoms with E-state index in [0.29, 0.717) is 23.3 Å². The van der Waals surface area contributed by atoms with E-state index in [0.717, 1.165) is 29.7 Å². The lowest BCUT2D eigenvalue weighted by Crippen LogP contribution is -2.48. The maximum Gasteiger partial charge on any atom is 0.256 e. The van der Waals surface area contributed by atoms with Gasteiger partial charge in [-0.15, -0.1) is 0 Å².